The number of rotatable bonds is 5. The first-order valence-electron chi connectivity index (χ1n) is 13.1. The molecular formula is C29H30N4O2S. The second-order valence-electron chi connectivity index (χ2n) is 11.4. The van der Waals surface area contributed by atoms with Gasteiger partial charge in [-0.15, -0.1) is 10.2 Å². The molecular weight excluding hydrogens is 468 g/mol. The van der Waals surface area contributed by atoms with Crippen LogP contribution in [0.5, 0.6) is 0 Å². The number of hydrogen-bond donors (Lipinski definition) is 0. The smallest absolute Gasteiger partial charge is 0.267 e. The lowest BCUT2D eigenvalue weighted by Gasteiger charge is -2.56. The molecule has 0 N–H and O–H groups in total. The number of benzene rings is 2. The highest BCUT2D eigenvalue weighted by molar-refractivity contribution is 8.00. The minimum absolute atomic E-state index is 0.122. The number of ketones is 1. The molecule has 1 unspecified atom stereocenters. The largest absolute Gasteiger partial charge is 0.298 e. The summed E-state index contributed by atoms with van der Waals surface area (Å²) in [5, 5.41) is 10.0. The van der Waals surface area contributed by atoms with E-state index in [4.69, 9.17) is 0 Å². The van der Waals surface area contributed by atoms with Crippen molar-refractivity contribution in [3.63, 3.8) is 0 Å². The molecule has 1 atom stereocenters. The average Bonchev–Trinajstić information content (AvgIpc) is 3.27. The van der Waals surface area contributed by atoms with Gasteiger partial charge in [-0.2, -0.15) is 0 Å². The number of carbonyl (C=O) groups is 1. The van der Waals surface area contributed by atoms with E-state index >= 15 is 0 Å². The summed E-state index contributed by atoms with van der Waals surface area (Å²) >= 11 is 1.49. The van der Waals surface area contributed by atoms with E-state index in [1.165, 1.54) is 31.0 Å². The normalized spacial score (nSPS) is 27.7. The van der Waals surface area contributed by atoms with Gasteiger partial charge in [-0.05, 0) is 94.4 Å². The summed E-state index contributed by atoms with van der Waals surface area (Å²) in [6, 6.07) is 15.4. The van der Waals surface area contributed by atoms with Gasteiger partial charge >= 0.3 is 0 Å². The molecule has 2 heterocycles. The zero-order valence-electron chi connectivity index (χ0n) is 20.7. The van der Waals surface area contributed by atoms with Crippen molar-refractivity contribution in [1.29, 1.82) is 0 Å². The van der Waals surface area contributed by atoms with Crippen molar-refractivity contribution >= 4 is 34.2 Å². The minimum atomic E-state index is -0.216. The fourth-order valence-electron chi connectivity index (χ4n) is 7.74. The maximum Gasteiger partial charge on any atom is 0.267 e. The Balaban J connectivity index is 1.31. The van der Waals surface area contributed by atoms with E-state index < -0.39 is 0 Å². The predicted molar refractivity (Wildman–Crippen MR) is 142 cm³/mol. The highest BCUT2D eigenvalue weighted by Gasteiger charge is 2.55. The first-order chi connectivity index (χ1) is 17.4. The summed E-state index contributed by atoms with van der Waals surface area (Å²) in [5.41, 5.74) is 2.38. The molecule has 4 saturated carbocycles. The number of para-hydroxylation sites is 1. The maximum atomic E-state index is 14.0. The van der Waals surface area contributed by atoms with Crippen LogP contribution >= 0.6 is 11.8 Å². The van der Waals surface area contributed by atoms with Gasteiger partial charge in [0, 0.05) is 5.41 Å². The molecule has 0 spiro atoms. The van der Waals surface area contributed by atoms with Crippen molar-refractivity contribution in [2.24, 2.45) is 23.2 Å². The van der Waals surface area contributed by atoms with Gasteiger partial charge in [0.15, 0.2) is 10.9 Å². The van der Waals surface area contributed by atoms with Crippen molar-refractivity contribution in [2.75, 3.05) is 0 Å². The van der Waals surface area contributed by atoms with E-state index in [1.54, 1.807) is 4.57 Å². The molecule has 36 heavy (non-hydrogen) atoms. The molecule has 6 nitrogen and oxygen atoms in total. The Kier molecular flexibility index (Phi) is 4.97. The Morgan fingerprint density at radius 3 is 2.28 bits per heavy atom. The van der Waals surface area contributed by atoms with Gasteiger partial charge in [0.25, 0.3) is 5.56 Å². The highest BCUT2D eigenvalue weighted by atomic mass is 32.2. The topological polar surface area (TPSA) is 69.3 Å². The van der Waals surface area contributed by atoms with Crippen LogP contribution in [0.2, 0.25) is 0 Å². The summed E-state index contributed by atoms with van der Waals surface area (Å²) in [5.74, 6) is 3.07. The second-order valence-corrected chi connectivity index (χ2v) is 12.7. The lowest BCUT2D eigenvalue weighted by Crippen LogP contribution is -2.51. The monoisotopic (exact) mass is 498 g/mol. The Hall–Kier alpha value is -2.93. The van der Waals surface area contributed by atoms with Crippen LogP contribution in [0.3, 0.4) is 0 Å². The molecule has 4 aliphatic carbocycles. The second kappa shape index (κ2) is 8.04. The zero-order chi connectivity index (χ0) is 24.6. The summed E-state index contributed by atoms with van der Waals surface area (Å²) < 4.78 is 3.58. The lowest BCUT2D eigenvalue weighted by atomic mass is 9.48. The molecule has 7 heteroatoms. The predicted octanol–water partition coefficient (Wildman–Crippen LogP) is 5.61. The number of fused-ring (bicyclic) bond motifs is 3. The Labute approximate surface area is 214 Å². The molecule has 4 aromatic rings. The van der Waals surface area contributed by atoms with Crippen LogP contribution in [-0.2, 0) is 4.79 Å². The molecule has 0 amide bonds. The first kappa shape index (κ1) is 22.3. The molecule has 184 valence electrons. The summed E-state index contributed by atoms with van der Waals surface area (Å²) in [6.45, 7) is 4.06. The van der Waals surface area contributed by atoms with Gasteiger partial charge in [-0.25, -0.2) is 4.57 Å². The number of carbonyl (C=O) groups excluding carboxylic acids is 1. The molecule has 4 bridgehead atoms. The number of aromatic nitrogens is 4. The standard InChI is InChI=1S/C29H30N4O2S/c1-17-7-9-22(10-8-17)32-26(35)23-5-3-4-6-24(23)33-27(32)30-31-28(33)36-18(2)25(34)29-14-19-11-20(15-29)13-21(12-19)16-29/h3-10,18-21H,11-16H2,1-2H3. The number of nitrogens with zero attached hydrogens (tertiary/aromatic N) is 4. The van der Waals surface area contributed by atoms with E-state index in [2.05, 4.69) is 10.2 Å². The van der Waals surface area contributed by atoms with Crippen LogP contribution in [0.25, 0.3) is 22.4 Å². The lowest BCUT2D eigenvalue weighted by molar-refractivity contribution is -0.142. The number of hydrogen-bond acceptors (Lipinski definition) is 5. The van der Waals surface area contributed by atoms with Crippen LogP contribution in [0.1, 0.15) is 51.0 Å². The molecule has 4 aliphatic rings. The van der Waals surface area contributed by atoms with Gasteiger partial charge in [0.2, 0.25) is 5.78 Å². The Morgan fingerprint density at radius 2 is 1.61 bits per heavy atom. The Bertz CT molecular complexity index is 1530. The van der Waals surface area contributed by atoms with Gasteiger partial charge in [-0.1, -0.05) is 41.6 Å². The third-order valence-electron chi connectivity index (χ3n) is 8.90. The molecule has 2 aromatic heterocycles. The third-order valence-corrected chi connectivity index (χ3v) is 9.94. The van der Waals surface area contributed by atoms with Gasteiger partial charge in [0.1, 0.15) is 0 Å². The van der Waals surface area contributed by atoms with E-state index in [0.29, 0.717) is 22.1 Å². The number of Topliss-reactive ketones (excluding diaryl/α,β-unsaturated/α-hetero) is 1. The van der Waals surface area contributed by atoms with E-state index in [9.17, 15) is 9.59 Å². The maximum absolute atomic E-state index is 14.0. The third kappa shape index (κ3) is 3.31. The van der Waals surface area contributed by atoms with Crippen molar-refractivity contribution in [2.45, 2.75) is 62.8 Å². The Morgan fingerprint density at radius 1 is 0.972 bits per heavy atom. The van der Waals surface area contributed by atoms with Gasteiger partial charge in [-0.3, -0.25) is 14.0 Å². The number of aryl methyl sites for hydroxylation is 1. The molecule has 4 fully saturated rings. The molecule has 0 aliphatic heterocycles. The minimum Gasteiger partial charge on any atom is -0.298 e. The fourth-order valence-corrected chi connectivity index (χ4v) is 8.78. The van der Waals surface area contributed by atoms with Crippen molar-refractivity contribution < 1.29 is 4.79 Å². The van der Waals surface area contributed by atoms with Crippen molar-refractivity contribution in [1.82, 2.24) is 19.2 Å². The van der Waals surface area contributed by atoms with Crippen LogP contribution in [-0.4, -0.2) is 30.2 Å². The summed E-state index contributed by atoms with van der Waals surface area (Å²) in [7, 11) is 0. The van der Waals surface area contributed by atoms with E-state index in [0.717, 1.165) is 53.8 Å². The van der Waals surface area contributed by atoms with Crippen LogP contribution < -0.4 is 5.56 Å². The summed E-state index contributed by atoms with van der Waals surface area (Å²) in [6.07, 6.45) is 7.18. The van der Waals surface area contributed by atoms with E-state index in [1.807, 2.05) is 66.8 Å². The molecule has 0 saturated heterocycles. The van der Waals surface area contributed by atoms with Crippen LogP contribution in [0.4, 0.5) is 0 Å². The first-order valence-corrected chi connectivity index (χ1v) is 14.0. The van der Waals surface area contributed by atoms with E-state index in [-0.39, 0.29) is 16.2 Å². The van der Waals surface area contributed by atoms with Crippen LogP contribution in [0, 0.1) is 30.1 Å². The van der Waals surface area contributed by atoms with Gasteiger partial charge < -0.3 is 0 Å². The average molecular weight is 499 g/mol. The van der Waals surface area contributed by atoms with Crippen molar-refractivity contribution in [3.05, 3.63) is 64.4 Å². The molecule has 2 aromatic carbocycles. The zero-order valence-corrected chi connectivity index (χ0v) is 21.5. The summed E-state index contributed by atoms with van der Waals surface area (Å²) in [4.78, 5) is 27.5. The fraction of sp³-hybridized carbons (Fsp3) is 0.448. The SMILES string of the molecule is Cc1ccc(-n2c(=O)c3ccccc3n3c(SC(C)C(=O)C45CC6CC(CC(C6)C4)C5)nnc23)cc1. The quantitative estimate of drug-likeness (QED) is 0.335. The van der Waals surface area contributed by atoms with Crippen LogP contribution in [0.15, 0.2) is 58.5 Å². The number of thioether (sulfide) groups is 1. The highest BCUT2D eigenvalue weighted by Crippen LogP contribution is 2.61. The van der Waals surface area contributed by atoms with Crippen molar-refractivity contribution in [3.8, 4) is 5.69 Å². The molecule has 0 radical (unpaired) electrons. The van der Waals surface area contributed by atoms with Gasteiger partial charge in [0.05, 0.1) is 21.8 Å². The molecule has 8 rings (SSSR count).